The second kappa shape index (κ2) is 5.29. The van der Waals surface area contributed by atoms with Gasteiger partial charge in [-0.1, -0.05) is 0 Å². The van der Waals surface area contributed by atoms with E-state index < -0.39 is 12.1 Å². The maximum Gasteiger partial charge on any atom is 0.471 e. The van der Waals surface area contributed by atoms with Gasteiger partial charge in [-0.15, -0.1) is 0 Å². The standard InChI is InChI=1S/C9H13F3N2O2/c10-9(11,12)8(16)14-4-6-1-2-7(15)5-13-3-6/h6,13H,1-5H2,(H,14,16). The first kappa shape index (κ1) is 13.0. The number of alkyl halides is 3. The minimum atomic E-state index is -4.84. The number of carbonyl (C=O) groups is 2. The van der Waals surface area contributed by atoms with Gasteiger partial charge in [-0.05, 0) is 12.3 Å². The summed E-state index contributed by atoms with van der Waals surface area (Å²) in [7, 11) is 0. The van der Waals surface area contributed by atoms with Crippen LogP contribution in [-0.4, -0.2) is 37.5 Å². The lowest BCUT2D eigenvalue weighted by molar-refractivity contribution is -0.173. The van der Waals surface area contributed by atoms with Gasteiger partial charge in [0.15, 0.2) is 0 Å². The van der Waals surface area contributed by atoms with Crippen LogP contribution in [0.3, 0.4) is 0 Å². The lowest BCUT2D eigenvalue weighted by Gasteiger charge is -2.15. The minimum Gasteiger partial charge on any atom is -0.348 e. The zero-order valence-corrected chi connectivity index (χ0v) is 8.56. The van der Waals surface area contributed by atoms with Gasteiger partial charge in [0.2, 0.25) is 0 Å². The highest BCUT2D eigenvalue weighted by Gasteiger charge is 2.38. The molecular weight excluding hydrogens is 225 g/mol. The van der Waals surface area contributed by atoms with Crippen molar-refractivity contribution in [3.05, 3.63) is 0 Å². The molecule has 1 fully saturated rings. The van der Waals surface area contributed by atoms with Crippen molar-refractivity contribution in [1.82, 2.24) is 10.6 Å². The average molecular weight is 238 g/mol. The van der Waals surface area contributed by atoms with Gasteiger partial charge in [-0.2, -0.15) is 13.2 Å². The van der Waals surface area contributed by atoms with Crippen LogP contribution in [0, 0.1) is 5.92 Å². The van der Waals surface area contributed by atoms with Gasteiger partial charge in [-0.25, -0.2) is 0 Å². The summed E-state index contributed by atoms with van der Waals surface area (Å²) in [5.74, 6) is -2.01. The summed E-state index contributed by atoms with van der Waals surface area (Å²) in [5, 5.41) is 4.65. The van der Waals surface area contributed by atoms with Crippen LogP contribution in [0.4, 0.5) is 13.2 Å². The van der Waals surface area contributed by atoms with E-state index in [9.17, 15) is 22.8 Å². The molecule has 4 nitrogen and oxygen atoms in total. The molecule has 0 bridgehead atoms. The van der Waals surface area contributed by atoms with Crippen molar-refractivity contribution >= 4 is 11.7 Å². The highest BCUT2D eigenvalue weighted by atomic mass is 19.4. The molecule has 1 heterocycles. The van der Waals surface area contributed by atoms with Gasteiger partial charge in [0.05, 0.1) is 6.54 Å². The fourth-order valence-electron chi connectivity index (χ4n) is 1.48. The molecule has 2 N–H and O–H groups in total. The maximum absolute atomic E-state index is 11.9. The van der Waals surface area contributed by atoms with Crippen LogP contribution in [-0.2, 0) is 9.59 Å². The number of Topliss-reactive ketones (excluding diaryl/α,β-unsaturated/α-hetero) is 1. The molecule has 0 aromatic rings. The van der Waals surface area contributed by atoms with Crippen LogP contribution in [0.1, 0.15) is 12.8 Å². The minimum absolute atomic E-state index is 0.0460. The second-order valence-corrected chi connectivity index (χ2v) is 3.78. The van der Waals surface area contributed by atoms with Gasteiger partial charge >= 0.3 is 12.1 Å². The molecule has 0 spiro atoms. The fourth-order valence-corrected chi connectivity index (χ4v) is 1.48. The molecule has 0 saturated carbocycles. The average Bonchev–Trinajstić information content (AvgIpc) is 2.38. The van der Waals surface area contributed by atoms with E-state index in [0.29, 0.717) is 19.4 Å². The summed E-state index contributed by atoms with van der Waals surface area (Å²) in [6.07, 6.45) is -3.99. The smallest absolute Gasteiger partial charge is 0.348 e. The number of nitrogens with one attached hydrogen (secondary N) is 2. The van der Waals surface area contributed by atoms with E-state index in [0.717, 1.165) is 0 Å². The Labute approximate surface area is 90.6 Å². The number of amides is 1. The highest BCUT2D eigenvalue weighted by Crippen LogP contribution is 2.15. The number of halogens is 3. The zero-order valence-electron chi connectivity index (χ0n) is 8.56. The van der Waals surface area contributed by atoms with Crippen LogP contribution in [0.25, 0.3) is 0 Å². The van der Waals surface area contributed by atoms with E-state index >= 15 is 0 Å². The summed E-state index contributed by atoms with van der Waals surface area (Å²) in [4.78, 5) is 21.5. The molecule has 1 aliphatic rings. The van der Waals surface area contributed by atoms with Crippen molar-refractivity contribution in [2.45, 2.75) is 19.0 Å². The first-order chi connectivity index (χ1) is 7.39. The Balaban J connectivity index is 2.32. The SMILES string of the molecule is O=C1CCC(CNC(=O)C(F)(F)F)CNC1. The van der Waals surface area contributed by atoms with Crippen molar-refractivity contribution < 1.29 is 22.8 Å². The predicted molar refractivity (Wildman–Crippen MR) is 49.7 cm³/mol. The van der Waals surface area contributed by atoms with Crippen molar-refractivity contribution in [1.29, 1.82) is 0 Å². The normalized spacial score (nSPS) is 22.7. The largest absolute Gasteiger partial charge is 0.471 e. The van der Waals surface area contributed by atoms with Crippen molar-refractivity contribution in [2.24, 2.45) is 5.92 Å². The second-order valence-electron chi connectivity index (χ2n) is 3.78. The third-order valence-electron chi connectivity index (χ3n) is 2.40. The molecule has 0 aliphatic carbocycles. The molecule has 0 aromatic heterocycles. The Morgan fingerprint density at radius 2 is 2.19 bits per heavy atom. The van der Waals surface area contributed by atoms with Gasteiger partial charge in [-0.3, -0.25) is 9.59 Å². The Morgan fingerprint density at radius 3 is 2.81 bits per heavy atom. The van der Waals surface area contributed by atoms with E-state index in [1.165, 1.54) is 0 Å². The van der Waals surface area contributed by atoms with Gasteiger partial charge in [0.25, 0.3) is 0 Å². The van der Waals surface area contributed by atoms with Crippen molar-refractivity contribution in [3.63, 3.8) is 0 Å². The number of hydrogen-bond donors (Lipinski definition) is 2. The quantitative estimate of drug-likeness (QED) is 0.724. The van der Waals surface area contributed by atoms with E-state index in [2.05, 4.69) is 5.32 Å². The fraction of sp³-hybridized carbons (Fsp3) is 0.778. The Kier molecular flexibility index (Phi) is 4.28. The Hall–Kier alpha value is -1.11. The molecule has 1 rings (SSSR count). The molecule has 1 aliphatic heterocycles. The van der Waals surface area contributed by atoms with Gasteiger partial charge in [0, 0.05) is 19.5 Å². The van der Waals surface area contributed by atoms with Gasteiger partial charge < -0.3 is 10.6 Å². The lowest BCUT2D eigenvalue weighted by atomic mass is 10.0. The molecule has 1 amide bonds. The van der Waals surface area contributed by atoms with Crippen LogP contribution in [0.5, 0.6) is 0 Å². The first-order valence-electron chi connectivity index (χ1n) is 4.97. The topological polar surface area (TPSA) is 58.2 Å². The summed E-state index contributed by atoms with van der Waals surface area (Å²) in [6.45, 7) is 0.645. The molecule has 0 radical (unpaired) electrons. The number of ketones is 1. The van der Waals surface area contributed by atoms with Crippen LogP contribution in [0.15, 0.2) is 0 Å². The lowest BCUT2D eigenvalue weighted by Crippen LogP contribution is -2.40. The third kappa shape index (κ3) is 4.18. The summed E-state index contributed by atoms with van der Waals surface area (Å²) < 4.78 is 35.6. The number of hydrogen-bond acceptors (Lipinski definition) is 3. The summed E-state index contributed by atoms with van der Waals surface area (Å²) >= 11 is 0. The third-order valence-corrected chi connectivity index (χ3v) is 2.40. The van der Waals surface area contributed by atoms with Crippen molar-refractivity contribution in [3.8, 4) is 0 Å². The highest BCUT2D eigenvalue weighted by molar-refractivity contribution is 5.82. The molecule has 0 aromatic carbocycles. The van der Waals surface area contributed by atoms with Crippen molar-refractivity contribution in [2.75, 3.05) is 19.6 Å². The maximum atomic E-state index is 11.9. The van der Waals surface area contributed by atoms with E-state index in [-0.39, 0.29) is 24.8 Å². The molecule has 7 heteroatoms. The summed E-state index contributed by atoms with van der Waals surface area (Å²) in [6, 6.07) is 0. The molecule has 16 heavy (non-hydrogen) atoms. The van der Waals surface area contributed by atoms with E-state index in [4.69, 9.17) is 0 Å². The predicted octanol–water partition coefficient (Wildman–Crippen LogP) is 0.234. The molecular formula is C9H13F3N2O2. The molecule has 1 saturated heterocycles. The first-order valence-corrected chi connectivity index (χ1v) is 4.97. The zero-order chi connectivity index (χ0) is 12.2. The summed E-state index contributed by atoms with van der Waals surface area (Å²) in [5.41, 5.74) is 0. The van der Waals surface area contributed by atoms with Crippen LogP contribution in [0.2, 0.25) is 0 Å². The molecule has 92 valence electrons. The Morgan fingerprint density at radius 1 is 1.50 bits per heavy atom. The number of carbonyl (C=O) groups excluding carboxylic acids is 2. The molecule has 1 unspecified atom stereocenters. The number of rotatable bonds is 2. The Bertz CT molecular complexity index is 278. The van der Waals surface area contributed by atoms with Gasteiger partial charge in [0.1, 0.15) is 5.78 Å². The van der Waals surface area contributed by atoms with E-state index in [1.54, 1.807) is 0 Å². The van der Waals surface area contributed by atoms with E-state index in [1.807, 2.05) is 5.32 Å². The monoisotopic (exact) mass is 238 g/mol. The van der Waals surface area contributed by atoms with Crippen LogP contribution < -0.4 is 10.6 Å². The van der Waals surface area contributed by atoms with Crippen LogP contribution >= 0.6 is 0 Å². The molecule has 1 atom stereocenters.